The third-order valence-corrected chi connectivity index (χ3v) is 3.81. The Hall–Kier alpha value is -2.29. The van der Waals surface area contributed by atoms with Gasteiger partial charge in [0.15, 0.2) is 11.5 Å². The standard InChI is InChI=1S/C18H19NO2/c1-2-16-8-14-10-18(17(20)9-15(14)11-19-16)21-12-13-6-4-3-5-7-13/h3-7,9-11,16,20H,2,8,12H2,1H3. The molecular weight excluding hydrogens is 262 g/mol. The van der Waals surface area contributed by atoms with Crippen LogP contribution in [0, 0.1) is 0 Å². The van der Waals surface area contributed by atoms with Crippen LogP contribution in [-0.4, -0.2) is 17.4 Å². The van der Waals surface area contributed by atoms with Gasteiger partial charge in [0.2, 0.25) is 0 Å². The number of phenols is 1. The summed E-state index contributed by atoms with van der Waals surface area (Å²) >= 11 is 0. The highest BCUT2D eigenvalue weighted by Crippen LogP contribution is 2.32. The summed E-state index contributed by atoms with van der Waals surface area (Å²) in [5, 5.41) is 10.1. The maximum Gasteiger partial charge on any atom is 0.161 e. The zero-order valence-corrected chi connectivity index (χ0v) is 12.1. The highest BCUT2D eigenvalue weighted by atomic mass is 16.5. The van der Waals surface area contributed by atoms with Crippen LogP contribution in [0.4, 0.5) is 0 Å². The van der Waals surface area contributed by atoms with Gasteiger partial charge < -0.3 is 9.84 Å². The van der Waals surface area contributed by atoms with E-state index in [4.69, 9.17) is 4.74 Å². The van der Waals surface area contributed by atoms with Crippen LogP contribution in [0.2, 0.25) is 0 Å². The van der Waals surface area contributed by atoms with Crippen LogP contribution in [0.3, 0.4) is 0 Å². The molecule has 3 rings (SSSR count). The number of phenolic OH excluding ortho intramolecular Hbond substituents is 1. The molecule has 2 aromatic rings. The summed E-state index contributed by atoms with van der Waals surface area (Å²) in [7, 11) is 0. The molecule has 3 heteroatoms. The van der Waals surface area contributed by atoms with Crippen LogP contribution in [0.1, 0.15) is 30.0 Å². The van der Waals surface area contributed by atoms with Crippen molar-refractivity contribution < 1.29 is 9.84 Å². The molecular formula is C18H19NO2. The Bertz CT molecular complexity index is 650. The molecule has 0 aromatic heterocycles. The number of rotatable bonds is 4. The van der Waals surface area contributed by atoms with Crippen molar-refractivity contribution in [1.29, 1.82) is 0 Å². The molecule has 1 aliphatic rings. The predicted molar refractivity (Wildman–Crippen MR) is 84.3 cm³/mol. The van der Waals surface area contributed by atoms with E-state index in [0.717, 1.165) is 24.0 Å². The average Bonchev–Trinajstić information content (AvgIpc) is 2.53. The summed E-state index contributed by atoms with van der Waals surface area (Å²) in [6.07, 6.45) is 3.79. The first-order chi connectivity index (χ1) is 10.3. The van der Waals surface area contributed by atoms with E-state index < -0.39 is 0 Å². The molecule has 0 fully saturated rings. The molecule has 1 heterocycles. The minimum absolute atomic E-state index is 0.172. The second kappa shape index (κ2) is 6.00. The largest absolute Gasteiger partial charge is 0.504 e. The Labute approximate surface area is 124 Å². The fourth-order valence-corrected chi connectivity index (χ4v) is 2.52. The number of benzene rings is 2. The van der Waals surface area contributed by atoms with Gasteiger partial charge in [-0.15, -0.1) is 0 Å². The third kappa shape index (κ3) is 3.07. The van der Waals surface area contributed by atoms with Gasteiger partial charge in [-0.2, -0.15) is 0 Å². The van der Waals surface area contributed by atoms with Gasteiger partial charge in [0.25, 0.3) is 0 Å². The maximum absolute atomic E-state index is 10.1. The van der Waals surface area contributed by atoms with Crippen LogP contribution in [0.25, 0.3) is 0 Å². The lowest BCUT2D eigenvalue weighted by atomic mass is 9.96. The molecule has 1 N–H and O–H groups in total. The fraction of sp³-hybridized carbons (Fsp3) is 0.278. The summed E-state index contributed by atoms with van der Waals surface area (Å²) in [6, 6.07) is 14.0. The molecule has 0 amide bonds. The summed E-state index contributed by atoms with van der Waals surface area (Å²) in [4.78, 5) is 4.48. The molecule has 1 atom stereocenters. The van der Waals surface area contributed by atoms with Crippen molar-refractivity contribution in [3.05, 3.63) is 59.2 Å². The molecule has 0 aliphatic carbocycles. The van der Waals surface area contributed by atoms with E-state index in [1.165, 1.54) is 5.56 Å². The Morgan fingerprint density at radius 3 is 2.81 bits per heavy atom. The van der Waals surface area contributed by atoms with Crippen LogP contribution < -0.4 is 4.74 Å². The molecule has 0 spiro atoms. The molecule has 0 saturated carbocycles. The van der Waals surface area contributed by atoms with E-state index >= 15 is 0 Å². The number of ether oxygens (including phenoxy) is 1. The van der Waals surface area contributed by atoms with E-state index in [9.17, 15) is 5.11 Å². The van der Waals surface area contributed by atoms with E-state index in [0.29, 0.717) is 18.4 Å². The van der Waals surface area contributed by atoms with Gasteiger partial charge in [-0.25, -0.2) is 0 Å². The van der Waals surface area contributed by atoms with E-state index in [-0.39, 0.29) is 5.75 Å². The summed E-state index contributed by atoms with van der Waals surface area (Å²) < 4.78 is 5.76. The van der Waals surface area contributed by atoms with Crippen molar-refractivity contribution >= 4 is 6.21 Å². The predicted octanol–water partition coefficient (Wildman–Crippen LogP) is 3.72. The molecule has 108 valence electrons. The van der Waals surface area contributed by atoms with Crippen molar-refractivity contribution in [3.8, 4) is 11.5 Å². The zero-order chi connectivity index (χ0) is 14.7. The molecule has 1 aliphatic heterocycles. The minimum atomic E-state index is 0.172. The highest BCUT2D eigenvalue weighted by Gasteiger charge is 2.16. The van der Waals surface area contributed by atoms with Crippen molar-refractivity contribution in [3.63, 3.8) is 0 Å². The summed E-state index contributed by atoms with van der Waals surface area (Å²) in [6.45, 7) is 2.60. The summed E-state index contributed by atoms with van der Waals surface area (Å²) in [5.74, 6) is 0.717. The lowest BCUT2D eigenvalue weighted by Gasteiger charge is -2.19. The molecule has 0 saturated heterocycles. The smallest absolute Gasteiger partial charge is 0.161 e. The van der Waals surface area contributed by atoms with Crippen LogP contribution >= 0.6 is 0 Å². The van der Waals surface area contributed by atoms with Crippen molar-refractivity contribution in [2.75, 3.05) is 0 Å². The van der Waals surface area contributed by atoms with E-state index in [2.05, 4.69) is 11.9 Å². The second-order valence-electron chi connectivity index (χ2n) is 5.34. The quantitative estimate of drug-likeness (QED) is 0.928. The van der Waals surface area contributed by atoms with E-state index in [1.807, 2.05) is 42.6 Å². The number of aliphatic imine (C=N–C) groups is 1. The van der Waals surface area contributed by atoms with Gasteiger partial charge in [0, 0.05) is 6.21 Å². The Morgan fingerprint density at radius 1 is 1.24 bits per heavy atom. The molecule has 0 bridgehead atoms. The fourth-order valence-electron chi connectivity index (χ4n) is 2.52. The van der Waals surface area contributed by atoms with Crippen molar-refractivity contribution in [1.82, 2.24) is 0 Å². The third-order valence-electron chi connectivity index (χ3n) is 3.81. The molecule has 0 radical (unpaired) electrons. The topological polar surface area (TPSA) is 41.8 Å². The molecule has 21 heavy (non-hydrogen) atoms. The van der Waals surface area contributed by atoms with Crippen LogP contribution in [0.5, 0.6) is 11.5 Å². The number of aromatic hydroxyl groups is 1. The minimum Gasteiger partial charge on any atom is -0.504 e. The Kier molecular flexibility index (Phi) is 3.91. The SMILES string of the molecule is CCC1Cc2cc(OCc3ccccc3)c(O)cc2C=N1. The highest BCUT2D eigenvalue weighted by molar-refractivity contribution is 5.84. The average molecular weight is 281 g/mol. The first-order valence-corrected chi connectivity index (χ1v) is 7.32. The van der Waals surface area contributed by atoms with Gasteiger partial charge in [-0.3, -0.25) is 4.99 Å². The van der Waals surface area contributed by atoms with Crippen LogP contribution in [0.15, 0.2) is 47.5 Å². The Balaban J connectivity index is 1.79. The number of nitrogens with zero attached hydrogens (tertiary/aromatic N) is 1. The van der Waals surface area contributed by atoms with Crippen molar-refractivity contribution in [2.24, 2.45) is 4.99 Å². The van der Waals surface area contributed by atoms with E-state index in [1.54, 1.807) is 6.07 Å². The normalized spacial score (nSPS) is 16.5. The maximum atomic E-state index is 10.1. The molecule has 1 unspecified atom stereocenters. The second-order valence-corrected chi connectivity index (χ2v) is 5.34. The number of hydrogen-bond donors (Lipinski definition) is 1. The lowest BCUT2D eigenvalue weighted by molar-refractivity contribution is 0.288. The Morgan fingerprint density at radius 2 is 2.05 bits per heavy atom. The van der Waals surface area contributed by atoms with Gasteiger partial charge in [-0.05, 0) is 41.7 Å². The number of hydrogen-bond acceptors (Lipinski definition) is 3. The molecule has 2 aromatic carbocycles. The summed E-state index contributed by atoms with van der Waals surface area (Å²) in [5.41, 5.74) is 3.27. The van der Waals surface area contributed by atoms with Gasteiger partial charge in [0.1, 0.15) is 6.61 Å². The monoisotopic (exact) mass is 281 g/mol. The lowest BCUT2D eigenvalue weighted by Crippen LogP contribution is -2.14. The van der Waals surface area contributed by atoms with Gasteiger partial charge in [-0.1, -0.05) is 37.3 Å². The van der Waals surface area contributed by atoms with Crippen molar-refractivity contribution in [2.45, 2.75) is 32.4 Å². The molecule has 3 nitrogen and oxygen atoms in total. The number of fused-ring (bicyclic) bond motifs is 1. The first kappa shape index (κ1) is 13.7. The van der Waals surface area contributed by atoms with Crippen LogP contribution in [-0.2, 0) is 13.0 Å². The zero-order valence-electron chi connectivity index (χ0n) is 12.1. The van der Waals surface area contributed by atoms with Gasteiger partial charge in [0.05, 0.1) is 6.04 Å². The first-order valence-electron chi connectivity index (χ1n) is 7.32. The van der Waals surface area contributed by atoms with Gasteiger partial charge >= 0.3 is 0 Å².